The first-order chi connectivity index (χ1) is 3.30. The lowest BCUT2D eigenvalue weighted by molar-refractivity contribution is 0.273. The molecule has 1 fully saturated rings. The molecule has 0 aromatic heterocycles. The molecule has 0 bridgehead atoms. The fourth-order valence-electron chi connectivity index (χ4n) is 0.966. The summed E-state index contributed by atoms with van der Waals surface area (Å²) in [5.74, 6) is 0.861. The first-order valence-electron chi connectivity index (χ1n) is 3.06. The second kappa shape index (κ2) is 3.31. The summed E-state index contributed by atoms with van der Waals surface area (Å²) in [6.45, 7) is 2.10. The molecular formula is C6H14ClN. The summed E-state index contributed by atoms with van der Waals surface area (Å²) < 4.78 is 0. The molecule has 1 rings (SSSR count). The zero-order chi connectivity index (χ0) is 5.28. The van der Waals surface area contributed by atoms with Crippen LogP contribution in [0.5, 0.6) is 0 Å². The number of halogens is 1. The summed E-state index contributed by atoms with van der Waals surface area (Å²) in [4.78, 5) is 0. The summed E-state index contributed by atoms with van der Waals surface area (Å²) in [5, 5.41) is 0. The molecule has 1 nitrogen and oxygen atoms in total. The van der Waals surface area contributed by atoms with Crippen molar-refractivity contribution in [3.05, 3.63) is 0 Å². The predicted molar refractivity (Wildman–Crippen MR) is 38.2 cm³/mol. The fraction of sp³-hybridized carbons (Fsp3) is 1.00. The van der Waals surface area contributed by atoms with Gasteiger partial charge < -0.3 is 5.73 Å². The van der Waals surface area contributed by atoms with Crippen LogP contribution in [0.1, 0.15) is 26.2 Å². The van der Waals surface area contributed by atoms with E-state index in [1.165, 1.54) is 19.3 Å². The van der Waals surface area contributed by atoms with Gasteiger partial charge in [0.1, 0.15) is 0 Å². The molecule has 1 atom stereocenters. The van der Waals surface area contributed by atoms with Crippen molar-refractivity contribution < 1.29 is 0 Å². The van der Waals surface area contributed by atoms with Crippen LogP contribution in [0.15, 0.2) is 0 Å². The maximum Gasteiger partial charge on any atom is 0.00387 e. The molecule has 0 aromatic rings. The molecule has 0 aromatic carbocycles. The van der Waals surface area contributed by atoms with Crippen LogP contribution in [0.25, 0.3) is 0 Å². The molecule has 0 heterocycles. The van der Waals surface area contributed by atoms with Gasteiger partial charge in [0, 0.05) is 6.04 Å². The topological polar surface area (TPSA) is 26.0 Å². The SMILES string of the molecule is CC(N)C1CCC1.Cl. The Labute approximate surface area is 57.1 Å². The highest BCUT2D eigenvalue weighted by molar-refractivity contribution is 5.85. The van der Waals surface area contributed by atoms with Crippen molar-refractivity contribution in [2.75, 3.05) is 0 Å². The Morgan fingerprint density at radius 2 is 2.00 bits per heavy atom. The molecule has 8 heavy (non-hydrogen) atoms. The lowest BCUT2D eigenvalue weighted by Crippen LogP contribution is -2.31. The van der Waals surface area contributed by atoms with Gasteiger partial charge in [0.2, 0.25) is 0 Å². The van der Waals surface area contributed by atoms with Crippen molar-refractivity contribution >= 4 is 12.4 Å². The van der Waals surface area contributed by atoms with Gasteiger partial charge in [-0.25, -0.2) is 0 Å². The summed E-state index contributed by atoms with van der Waals surface area (Å²) in [7, 11) is 0. The van der Waals surface area contributed by atoms with Crippen LogP contribution in [0.3, 0.4) is 0 Å². The van der Waals surface area contributed by atoms with E-state index in [1.54, 1.807) is 0 Å². The molecule has 0 saturated heterocycles. The maximum absolute atomic E-state index is 5.60. The van der Waals surface area contributed by atoms with Gasteiger partial charge in [-0.05, 0) is 25.7 Å². The van der Waals surface area contributed by atoms with Crippen LogP contribution < -0.4 is 5.73 Å². The van der Waals surface area contributed by atoms with E-state index >= 15 is 0 Å². The molecular weight excluding hydrogens is 122 g/mol. The first-order valence-corrected chi connectivity index (χ1v) is 3.06. The van der Waals surface area contributed by atoms with Crippen molar-refractivity contribution in [1.29, 1.82) is 0 Å². The van der Waals surface area contributed by atoms with E-state index < -0.39 is 0 Å². The van der Waals surface area contributed by atoms with Crippen LogP contribution in [-0.4, -0.2) is 6.04 Å². The van der Waals surface area contributed by atoms with Gasteiger partial charge in [-0.1, -0.05) is 6.42 Å². The summed E-state index contributed by atoms with van der Waals surface area (Å²) >= 11 is 0. The van der Waals surface area contributed by atoms with Gasteiger partial charge >= 0.3 is 0 Å². The number of rotatable bonds is 1. The highest BCUT2D eigenvalue weighted by atomic mass is 35.5. The molecule has 0 radical (unpaired) electrons. The smallest absolute Gasteiger partial charge is 0.00387 e. The van der Waals surface area contributed by atoms with Crippen LogP contribution >= 0.6 is 12.4 Å². The average molecular weight is 136 g/mol. The number of hydrogen-bond acceptors (Lipinski definition) is 1. The van der Waals surface area contributed by atoms with Gasteiger partial charge in [0.05, 0.1) is 0 Å². The minimum atomic E-state index is 0. The van der Waals surface area contributed by atoms with Crippen LogP contribution in [0.4, 0.5) is 0 Å². The highest BCUT2D eigenvalue weighted by Gasteiger charge is 2.20. The van der Waals surface area contributed by atoms with E-state index in [2.05, 4.69) is 6.92 Å². The van der Waals surface area contributed by atoms with Gasteiger partial charge in [-0.15, -0.1) is 12.4 Å². The average Bonchev–Trinajstić information content (AvgIpc) is 1.23. The zero-order valence-corrected chi connectivity index (χ0v) is 6.08. The Balaban J connectivity index is 0.000000490. The van der Waals surface area contributed by atoms with E-state index in [9.17, 15) is 0 Å². The Kier molecular flexibility index (Phi) is 3.41. The molecule has 1 saturated carbocycles. The Morgan fingerprint density at radius 1 is 1.50 bits per heavy atom. The molecule has 0 amide bonds. The largest absolute Gasteiger partial charge is 0.328 e. The van der Waals surface area contributed by atoms with Crippen LogP contribution in [0.2, 0.25) is 0 Å². The van der Waals surface area contributed by atoms with Crippen molar-refractivity contribution in [2.24, 2.45) is 11.7 Å². The van der Waals surface area contributed by atoms with E-state index in [1.807, 2.05) is 0 Å². The minimum absolute atomic E-state index is 0. The van der Waals surface area contributed by atoms with E-state index in [4.69, 9.17) is 5.73 Å². The Bertz CT molecular complexity index is 59.5. The third kappa shape index (κ3) is 1.64. The van der Waals surface area contributed by atoms with Gasteiger partial charge in [0.15, 0.2) is 0 Å². The molecule has 1 aliphatic carbocycles. The van der Waals surface area contributed by atoms with Crippen LogP contribution in [0, 0.1) is 5.92 Å². The molecule has 0 aliphatic heterocycles. The highest BCUT2D eigenvalue weighted by Crippen LogP contribution is 2.27. The molecule has 50 valence electrons. The third-order valence-corrected chi connectivity index (χ3v) is 1.89. The first kappa shape index (κ1) is 8.25. The van der Waals surface area contributed by atoms with Crippen LogP contribution in [-0.2, 0) is 0 Å². The van der Waals surface area contributed by atoms with Gasteiger partial charge in [0.25, 0.3) is 0 Å². The fourth-order valence-corrected chi connectivity index (χ4v) is 0.966. The second-order valence-electron chi connectivity index (χ2n) is 2.55. The third-order valence-electron chi connectivity index (χ3n) is 1.89. The zero-order valence-electron chi connectivity index (χ0n) is 5.26. The van der Waals surface area contributed by atoms with E-state index in [0.717, 1.165) is 5.92 Å². The van der Waals surface area contributed by atoms with Crippen molar-refractivity contribution in [3.8, 4) is 0 Å². The van der Waals surface area contributed by atoms with Gasteiger partial charge in [-0.2, -0.15) is 0 Å². The molecule has 2 N–H and O–H groups in total. The molecule has 1 unspecified atom stereocenters. The summed E-state index contributed by atoms with van der Waals surface area (Å²) in [5.41, 5.74) is 5.60. The number of nitrogens with two attached hydrogens (primary N) is 1. The van der Waals surface area contributed by atoms with E-state index in [-0.39, 0.29) is 12.4 Å². The van der Waals surface area contributed by atoms with Crippen molar-refractivity contribution in [3.63, 3.8) is 0 Å². The lowest BCUT2D eigenvalue weighted by atomic mass is 9.81. The van der Waals surface area contributed by atoms with Crippen molar-refractivity contribution in [1.82, 2.24) is 0 Å². The Morgan fingerprint density at radius 3 is 2.00 bits per heavy atom. The maximum atomic E-state index is 5.60. The minimum Gasteiger partial charge on any atom is -0.328 e. The molecule has 2 heteroatoms. The summed E-state index contributed by atoms with van der Waals surface area (Å²) in [6.07, 6.45) is 4.15. The molecule has 1 aliphatic rings. The van der Waals surface area contributed by atoms with Gasteiger partial charge in [-0.3, -0.25) is 0 Å². The summed E-state index contributed by atoms with van der Waals surface area (Å²) in [6, 6.07) is 0.453. The monoisotopic (exact) mass is 135 g/mol. The quantitative estimate of drug-likeness (QED) is 0.580. The Hall–Kier alpha value is 0.250. The lowest BCUT2D eigenvalue weighted by Gasteiger charge is -2.28. The number of hydrogen-bond donors (Lipinski definition) is 1. The van der Waals surface area contributed by atoms with Crippen molar-refractivity contribution in [2.45, 2.75) is 32.2 Å². The standard InChI is InChI=1S/C6H13N.ClH/c1-5(7)6-3-2-4-6;/h5-6H,2-4,7H2,1H3;1H. The predicted octanol–water partition coefficient (Wildman–Crippen LogP) is 1.56. The molecule has 0 spiro atoms. The normalized spacial score (nSPS) is 23.2. The second-order valence-corrected chi connectivity index (χ2v) is 2.55. The van der Waals surface area contributed by atoms with E-state index in [0.29, 0.717) is 6.04 Å².